The van der Waals surface area contributed by atoms with Crippen LogP contribution in [0.3, 0.4) is 0 Å². The van der Waals surface area contributed by atoms with Crippen LogP contribution in [0.1, 0.15) is 12.0 Å². The smallest absolute Gasteiger partial charge is 0.311 e. The van der Waals surface area contributed by atoms with Gasteiger partial charge in [-0.3, -0.25) is 4.79 Å². The van der Waals surface area contributed by atoms with E-state index < -0.39 is 0 Å². The molecule has 0 unspecified atom stereocenters. The molecule has 0 saturated carbocycles. The van der Waals surface area contributed by atoms with Crippen LogP contribution in [0.25, 0.3) is 11.3 Å². The molecule has 0 spiro atoms. The number of hydrogen-bond acceptors (Lipinski definition) is 5. The van der Waals surface area contributed by atoms with Gasteiger partial charge in [0.2, 0.25) is 5.95 Å². The highest BCUT2D eigenvalue weighted by Crippen LogP contribution is 2.29. The quantitative estimate of drug-likeness (QED) is 0.589. The van der Waals surface area contributed by atoms with Crippen molar-refractivity contribution in [1.82, 2.24) is 9.97 Å². The van der Waals surface area contributed by atoms with Crippen LogP contribution in [-0.4, -0.2) is 15.9 Å². The third-order valence-electron chi connectivity index (χ3n) is 3.87. The maximum Gasteiger partial charge on any atom is 0.311 e. The number of carbonyl (C=O) groups is 1. The zero-order valence-electron chi connectivity index (χ0n) is 12.9. The van der Waals surface area contributed by atoms with E-state index in [4.69, 9.17) is 4.74 Å². The molecule has 4 rings (SSSR count). The van der Waals surface area contributed by atoms with Gasteiger partial charge in [0.25, 0.3) is 0 Å². The van der Waals surface area contributed by atoms with Crippen molar-refractivity contribution in [3.8, 4) is 17.0 Å². The molecule has 1 aromatic heterocycles. The van der Waals surface area contributed by atoms with Crippen LogP contribution in [0.5, 0.6) is 5.75 Å². The molecule has 0 radical (unpaired) electrons. The van der Waals surface area contributed by atoms with E-state index in [1.54, 1.807) is 6.20 Å². The van der Waals surface area contributed by atoms with Gasteiger partial charge in [-0.2, -0.15) is 0 Å². The Bertz CT molecular complexity index is 894. The molecular weight excluding hydrogens is 302 g/mol. The minimum Gasteiger partial charge on any atom is -0.426 e. The fourth-order valence-electron chi connectivity index (χ4n) is 2.66. The lowest BCUT2D eigenvalue weighted by Gasteiger charge is -2.16. The van der Waals surface area contributed by atoms with Crippen LogP contribution in [-0.2, 0) is 11.2 Å². The lowest BCUT2D eigenvalue weighted by molar-refractivity contribution is -0.135. The molecule has 5 heteroatoms. The SMILES string of the molecule is O=C1CCc2ccc(Nc3nccc(-c4ccccc4)n3)cc2O1. The number of carbonyl (C=O) groups excluding carboxylic acids is 1. The number of benzene rings is 2. The predicted octanol–water partition coefficient (Wildman–Crippen LogP) is 3.74. The zero-order valence-corrected chi connectivity index (χ0v) is 12.9. The molecule has 1 aliphatic heterocycles. The molecule has 0 fully saturated rings. The average molecular weight is 317 g/mol. The van der Waals surface area contributed by atoms with Crippen molar-refractivity contribution < 1.29 is 9.53 Å². The van der Waals surface area contributed by atoms with Crippen molar-refractivity contribution in [3.63, 3.8) is 0 Å². The number of anilines is 2. The Morgan fingerprint density at radius 1 is 1.00 bits per heavy atom. The molecular formula is C19H15N3O2. The summed E-state index contributed by atoms with van der Waals surface area (Å²) in [5, 5.41) is 3.17. The lowest BCUT2D eigenvalue weighted by atomic mass is 10.1. The molecule has 2 heterocycles. The Labute approximate surface area is 139 Å². The van der Waals surface area contributed by atoms with Crippen molar-refractivity contribution in [2.24, 2.45) is 0 Å². The maximum atomic E-state index is 11.4. The average Bonchev–Trinajstić information content (AvgIpc) is 2.62. The van der Waals surface area contributed by atoms with Gasteiger partial charge in [0.15, 0.2) is 0 Å². The number of aryl methyl sites for hydroxylation is 1. The number of aromatic nitrogens is 2. The Morgan fingerprint density at radius 2 is 1.88 bits per heavy atom. The van der Waals surface area contributed by atoms with E-state index in [2.05, 4.69) is 15.3 Å². The summed E-state index contributed by atoms with van der Waals surface area (Å²) >= 11 is 0. The summed E-state index contributed by atoms with van der Waals surface area (Å²) in [5.41, 5.74) is 3.70. The summed E-state index contributed by atoms with van der Waals surface area (Å²) in [6, 6.07) is 17.5. The van der Waals surface area contributed by atoms with E-state index >= 15 is 0 Å². The molecule has 0 saturated heterocycles. The van der Waals surface area contributed by atoms with Crippen molar-refractivity contribution in [1.29, 1.82) is 0 Å². The first-order chi connectivity index (χ1) is 11.8. The van der Waals surface area contributed by atoms with E-state index in [0.29, 0.717) is 24.5 Å². The molecule has 1 N–H and O–H groups in total. The largest absolute Gasteiger partial charge is 0.426 e. The fourth-order valence-corrected chi connectivity index (χ4v) is 2.66. The van der Waals surface area contributed by atoms with Gasteiger partial charge in [-0.1, -0.05) is 36.4 Å². The molecule has 0 bridgehead atoms. The van der Waals surface area contributed by atoms with E-state index in [1.165, 1.54) is 0 Å². The highest BCUT2D eigenvalue weighted by molar-refractivity contribution is 5.76. The van der Waals surface area contributed by atoms with Crippen LogP contribution in [0.2, 0.25) is 0 Å². The molecule has 1 aliphatic rings. The van der Waals surface area contributed by atoms with Crippen molar-refractivity contribution in [3.05, 3.63) is 66.4 Å². The fraction of sp³-hybridized carbons (Fsp3) is 0.105. The standard InChI is InChI=1S/C19H15N3O2/c23-18-9-7-14-6-8-15(12-17(14)24-18)21-19-20-11-10-16(22-19)13-4-2-1-3-5-13/h1-6,8,10-12H,7,9H2,(H,20,21,22). The van der Waals surface area contributed by atoms with Gasteiger partial charge in [0.1, 0.15) is 5.75 Å². The van der Waals surface area contributed by atoms with Crippen LogP contribution in [0.4, 0.5) is 11.6 Å². The Kier molecular flexibility index (Phi) is 3.67. The van der Waals surface area contributed by atoms with Crippen LogP contribution in [0, 0.1) is 0 Å². The van der Waals surface area contributed by atoms with Crippen LogP contribution < -0.4 is 10.1 Å². The summed E-state index contributed by atoms with van der Waals surface area (Å²) < 4.78 is 5.28. The van der Waals surface area contributed by atoms with Crippen LogP contribution in [0.15, 0.2) is 60.8 Å². The molecule has 0 amide bonds. The number of nitrogens with zero attached hydrogens (tertiary/aromatic N) is 2. The molecule has 118 valence electrons. The first kappa shape index (κ1) is 14.4. The molecule has 0 atom stereocenters. The van der Waals surface area contributed by atoms with Gasteiger partial charge in [-0.05, 0) is 24.1 Å². The van der Waals surface area contributed by atoms with E-state index in [-0.39, 0.29) is 5.97 Å². The zero-order chi connectivity index (χ0) is 16.4. The van der Waals surface area contributed by atoms with E-state index in [0.717, 1.165) is 22.5 Å². The summed E-state index contributed by atoms with van der Waals surface area (Å²) in [5.74, 6) is 0.913. The topological polar surface area (TPSA) is 64.1 Å². The third kappa shape index (κ3) is 2.96. The number of hydrogen-bond donors (Lipinski definition) is 1. The van der Waals surface area contributed by atoms with Gasteiger partial charge in [0, 0.05) is 23.5 Å². The highest BCUT2D eigenvalue weighted by Gasteiger charge is 2.17. The van der Waals surface area contributed by atoms with Gasteiger partial charge < -0.3 is 10.1 Å². The van der Waals surface area contributed by atoms with Gasteiger partial charge in [0.05, 0.1) is 12.1 Å². The number of nitrogens with one attached hydrogen (secondary N) is 1. The Hall–Kier alpha value is -3.21. The van der Waals surface area contributed by atoms with Gasteiger partial charge in [-0.25, -0.2) is 9.97 Å². The van der Waals surface area contributed by atoms with E-state index in [1.807, 2.05) is 54.6 Å². The molecule has 2 aromatic carbocycles. The van der Waals surface area contributed by atoms with Crippen molar-refractivity contribution in [2.75, 3.05) is 5.32 Å². The minimum absolute atomic E-state index is 0.193. The monoisotopic (exact) mass is 317 g/mol. The number of esters is 1. The minimum atomic E-state index is -0.193. The van der Waals surface area contributed by atoms with Gasteiger partial charge in [-0.15, -0.1) is 0 Å². The number of rotatable bonds is 3. The third-order valence-corrected chi connectivity index (χ3v) is 3.87. The predicted molar refractivity (Wildman–Crippen MR) is 91.1 cm³/mol. The molecule has 24 heavy (non-hydrogen) atoms. The lowest BCUT2D eigenvalue weighted by Crippen LogP contribution is -2.15. The number of ether oxygens (including phenoxy) is 1. The molecule has 3 aromatic rings. The highest BCUT2D eigenvalue weighted by atomic mass is 16.5. The van der Waals surface area contributed by atoms with E-state index in [9.17, 15) is 4.79 Å². The molecule has 0 aliphatic carbocycles. The second-order valence-electron chi connectivity index (χ2n) is 5.55. The Morgan fingerprint density at radius 3 is 2.75 bits per heavy atom. The maximum absolute atomic E-state index is 11.4. The van der Waals surface area contributed by atoms with Crippen molar-refractivity contribution >= 4 is 17.6 Å². The second-order valence-corrected chi connectivity index (χ2v) is 5.55. The summed E-state index contributed by atoms with van der Waals surface area (Å²) in [6.45, 7) is 0. The summed E-state index contributed by atoms with van der Waals surface area (Å²) in [4.78, 5) is 20.2. The summed E-state index contributed by atoms with van der Waals surface area (Å²) in [7, 11) is 0. The Balaban J connectivity index is 1.60. The van der Waals surface area contributed by atoms with Gasteiger partial charge >= 0.3 is 5.97 Å². The first-order valence-corrected chi connectivity index (χ1v) is 7.77. The second kappa shape index (κ2) is 6.12. The van der Waals surface area contributed by atoms with Crippen molar-refractivity contribution in [2.45, 2.75) is 12.8 Å². The summed E-state index contributed by atoms with van der Waals surface area (Å²) in [6.07, 6.45) is 2.87. The van der Waals surface area contributed by atoms with Crippen LogP contribution >= 0.6 is 0 Å². The molecule has 5 nitrogen and oxygen atoms in total. The first-order valence-electron chi connectivity index (χ1n) is 7.77. The normalized spacial score (nSPS) is 13.1. The number of fused-ring (bicyclic) bond motifs is 1.